The molecule has 1 aliphatic heterocycles. The summed E-state index contributed by atoms with van der Waals surface area (Å²) < 4.78 is 11.5. The van der Waals surface area contributed by atoms with E-state index in [2.05, 4.69) is 0 Å². The van der Waals surface area contributed by atoms with Gasteiger partial charge in [0.25, 0.3) is 0 Å². The number of hydrogen-bond acceptors (Lipinski definition) is 5. The van der Waals surface area contributed by atoms with Crippen LogP contribution in [0.25, 0.3) is 0 Å². The van der Waals surface area contributed by atoms with Gasteiger partial charge in [-0.1, -0.05) is 89.9 Å². The monoisotopic (exact) mass is 525 g/mol. The van der Waals surface area contributed by atoms with Gasteiger partial charge in [-0.05, 0) is 29.7 Å². The molecule has 3 atom stereocenters. The Hall–Kier alpha value is -3.19. The van der Waals surface area contributed by atoms with Gasteiger partial charge in [0.15, 0.2) is 0 Å². The molecule has 3 aromatic carbocycles. The molecule has 36 heavy (non-hydrogen) atoms. The smallest absolute Gasteiger partial charge is 0.416 e. The Morgan fingerprint density at radius 3 is 2.19 bits per heavy atom. The number of carbonyl (C=O) groups is 3. The average molecular weight is 526 g/mol. The molecule has 0 saturated carbocycles. The van der Waals surface area contributed by atoms with Crippen LogP contribution in [-0.4, -0.2) is 35.8 Å². The van der Waals surface area contributed by atoms with Crippen molar-refractivity contribution >= 4 is 41.5 Å². The number of cyclic esters (lactones) is 1. The van der Waals surface area contributed by atoms with Crippen molar-refractivity contribution in [2.24, 2.45) is 5.92 Å². The number of amides is 2. The summed E-state index contributed by atoms with van der Waals surface area (Å²) in [6.45, 7) is 0.212. The lowest BCUT2D eigenvalue weighted by molar-refractivity contribution is -0.141. The van der Waals surface area contributed by atoms with Crippen LogP contribution in [0.3, 0.4) is 0 Å². The van der Waals surface area contributed by atoms with Gasteiger partial charge in [-0.25, -0.2) is 9.69 Å². The molecule has 1 saturated heterocycles. The molecule has 0 aromatic heterocycles. The zero-order chi connectivity index (χ0) is 25.5. The summed E-state index contributed by atoms with van der Waals surface area (Å²) in [5.74, 6) is -1.62. The molecule has 1 fully saturated rings. The highest BCUT2D eigenvalue weighted by Crippen LogP contribution is 2.40. The maximum atomic E-state index is 13.9. The SMILES string of the molecule is O=CC[C@@H](C(=O)N1C(=O)OC[C@H]1Cc1ccccc1)C(OCc1ccccc1)c1c(Cl)cccc1Cl. The number of nitrogens with zero attached hydrogens (tertiary/aromatic N) is 1. The van der Waals surface area contributed by atoms with Gasteiger partial charge in [-0.15, -0.1) is 0 Å². The van der Waals surface area contributed by atoms with E-state index in [4.69, 9.17) is 32.7 Å². The average Bonchev–Trinajstić information content (AvgIpc) is 3.25. The van der Waals surface area contributed by atoms with E-state index in [9.17, 15) is 14.4 Å². The number of imide groups is 1. The molecule has 3 aromatic rings. The third kappa shape index (κ3) is 5.95. The number of benzene rings is 3. The number of carbonyl (C=O) groups excluding carboxylic acids is 3. The highest BCUT2D eigenvalue weighted by molar-refractivity contribution is 6.36. The van der Waals surface area contributed by atoms with Crippen molar-refractivity contribution in [2.75, 3.05) is 6.61 Å². The predicted octanol–water partition coefficient (Wildman–Crippen LogP) is 6.05. The second-order valence-corrected chi connectivity index (χ2v) is 9.30. The maximum Gasteiger partial charge on any atom is 0.416 e. The molecule has 0 aliphatic carbocycles. The molecule has 1 heterocycles. The summed E-state index contributed by atoms with van der Waals surface area (Å²) in [6.07, 6.45) is -0.852. The Kier molecular flexibility index (Phi) is 8.75. The van der Waals surface area contributed by atoms with Crippen LogP contribution in [0.1, 0.15) is 29.2 Å². The minimum Gasteiger partial charge on any atom is -0.447 e. The van der Waals surface area contributed by atoms with Gasteiger partial charge >= 0.3 is 6.09 Å². The molecule has 4 rings (SSSR count). The van der Waals surface area contributed by atoms with Gasteiger partial charge in [0.05, 0.1) is 24.7 Å². The Balaban J connectivity index is 1.68. The third-order valence-electron chi connectivity index (χ3n) is 6.10. The zero-order valence-corrected chi connectivity index (χ0v) is 20.9. The van der Waals surface area contributed by atoms with Crippen molar-refractivity contribution in [2.45, 2.75) is 31.6 Å². The first kappa shape index (κ1) is 25.9. The summed E-state index contributed by atoms with van der Waals surface area (Å²) in [5, 5.41) is 0.600. The van der Waals surface area contributed by atoms with Gasteiger partial charge < -0.3 is 14.3 Å². The topological polar surface area (TPSA) is 72.9 Å². The zero-order valence-electron chi connectivity index (χ0n) is 19.4. The van der Waals surface area contributed by atoms with Gasteiger partial charge in [0.2, 0.25) is 5.91 Å². The minimum atomic E-state index is -1.05. The molecule has 0 bridgehead atoms. The van der Waals surface area contributed by atoms with Gasteiger partial charge in [-0.3, -0.25) is 4.79 Å². The molecule has 0 N–H and O–H groups in total. The summed E-state index contributed by atoms with van der Waals surface area (Å²) in [5.41, 5.74) is 2.21. The Labute approximate surface area is 219 Å². The van der Waals surface area contributed by atoms with Gasteiger partial charge in [-0.2, -0.15) is 0 Å². The fourth-order valence-corrected chi connectivity index (χ4v) is 4.96. The summed E-state index contributed by atoms with van der Waals surface area (Å²) in [7, 11) is 0. The maximum absolute atomic E-state index is 13.9. The first-order chi connectivity index (χ1) is 17.5. The number of hydrogen-bond donors (Lipinski definition) is 0. The van der Waals surface area contributed by atoms with E-state index < -0.39 is 30.1 Å². The fraction of sp³-hybridized carbons (Fsp3) is 0.250. The van der Waals surface area contributed by atoms with Gasteiger partial charge in [0.1, 0.15) is 12.9 Å². The standard InChI is InChI=1S/C28H25Cl2NO5/c29-23-12-7-13-24(30)25(23)26(35-17-20-10-5-2-6-11-20)22(14-15-32)27(33)31-21(18-36-28(31)34)16-19-8-3-1-4-9-19/h1-13,15,21-22,26H,14,16-18H2/t21-,22-,26?/m1/s1. The van der Waals surface area contributed by atoms with Crippen molar-refractivity contribution in [3.63, 3.8) is 0 Å². The molecule has 8 heteroatoms. The molecule has 0 radical (unpaired) electrons. The Morgan fingerprint density at radius 1 is 0.972 bits per heavy atom. The summed E-state index contributed by atoms with van der Waals surface area (Å²) in [4.78, 5) is 39.5. The predicted molar refractivity (Wildman–Crippen MR) is 137 cm³/mol. The number of rotatable bonds is 10. The van der Waals surface area contributed by atoms with Gasteiger partial charge in [0, 0.05) is 22.0 Å². The van der Waals surface area contributed by atoms with Crippen LogP contribution in [-0.2, 0) is 32.1 Å². The van der Waals surface area contributed by atoms with Crippen LogP contribution in [0.2, 0.25) is 10.0 Å². The van der Waals surface area contributed by atoms with Crippen molar-refractivity contribution in [3.05, 3.63) is 106 Å². The van der Waals surface area contributed by atoms with Crippen LogP contribution in [0.5, 0.6) is 0 Å². The number of halogens is 2. The molecule has 186 valence electrons. The molecular formula is C28H25Cl2NO5. The lowest BCUT2D eigenvalue weighted by atomic mass is 9.90. The van der Waals surface area contributed by atoms with E-state index in [0.717, 1.165) is 16.0 Å². The second kappa shape index (κ2) is 12.2. The summed E-state index contributed by atoms with van der Waals surface area (Å²) in [6, 6.07) is 23.4. The lowest BCUT2D eigenvalue weighted by Gasteiger charge is -2.31. The van der Waals surface area contributed by atoms with E-state index in [1.54, 1.807) is 18.2 Å². The van der Waals surface area contributed by atoms with Crippen LogP contribution < -0.4 is 0 Å². The van der Waals surface area contributed by atoms with Crippen LogP contribution in [0, 0.1) is 5.92 Å². The highest BCUT2D eigenvalue weighted by Gasteiger charge is 2.44. The van der Waals surface area contributed by atoms with Crippen molar-refractivity contribution in [3.8, 4) is 0 Å². The van der Waals surface area contributed by atoms with Crippen molar-refractivity contribution < 1.29 is 23.9 Å². The Morgan fingerprint density at radius 2 is 1.58 bits per heavy atom. The van der Waals surface area contributed by atoms with Crippen LogP contribution in [0.4, 0.5) is 4.79 Å². The largest absolute Gasteiger partial charge is 0.447 e. The fourth-order valence-electron chi connectivity index (χ4n) is 4.35. The van der Waals surface area contributed by atoms with E-state index >= 15 is 0 Å². The molecule has 6 nitrogen and oxygen atoms in total. The van der Waals surface area contributed by atoms with Crippen LogP contribution >= 0.6 is 23.2 Å². The first-order valence-electron chi connectivity index (χ1n) is 11.6. The molecule has 2 amide bonds. The second-order valence-electron chi connectivity index (χ2n) is 8.49. The molecule has 0 spiro atoms. The summed E-state index contributed by atoms with van der Waals surface area (Å²) >= 11 is 13.0. The van der Waals surface area contributed by atoms with E-state index in [1.807, 2.05) is 60.7 Å². The van der Waals surface area contributed by atoms with Crippen molar-refractivity contribution in [1.29, 1.82) is 0 Å². The van der Waals surface area contributed by atoms with E-state index in [1.165, 1.54) is 0 Å². The molecular weight excluding hydrogens is 501 g/mol. The number of ether oxygens (including phenoxy) is 2. The Bertz CT molecular complexity index is 1180. The van der Waals surface area contributed by atoms with Crippen LogP contribution in [0.15, 0.2) is 78.9 Å². The third-order valence-corrected chi connectivity index (χ3v) is 6.76. The lowest BCUT2D eigenvalue weighted by Crippen LogP contribution is -2.45. The van der Waals surface area contributed by atoms with Crippen molar-refractivity contribution in [1.82, 2.24) is 4.90 Å². The normalized spacial score (nSPS) is 16.9. The van der Waals surface area contributed by atoms with E-state index in [0.29, 0.717) is 28.3 Å². The first-order valence-corrected chi connectivity index (χ1v) is 12.3. The minimum absolute atomic E-state index is 0.0651. The van der Waals surface area contributed by atoms with E-state index in [-0.39, 0.29) is 19.6 Å². The number of aldehydes is 1. The molecule has 1 unspecified atom stereocenters. The highest BCUT2D eigenvalue weighted by atomic mass is 35.5. The quantitative estimate of drug-likeness (QED) is 0.301. The molecule has 1 aliphatic rings.